The van der Waals surface area contributed by atoms with Gasteiger partial charge in [0, 0.05) is 5.56 Å². The van der Waals surface area contributed by atoms with Crippen LogP contribution in [0.1, 0.15) is 11.1 Å². The molecule has 3 nitrogen and oxygen atoms in total. The molecule has 15 heavy (non-hydrogen) atoms. The molecule has 0 radical (unpaired) electrons. The molecule has 1 aromatic rings. The van der Waals surface area contributed by atoms with E-state index in [2.05, 4.69) is 5.18 Å². The maximum absolute atomic E-state index is 12.4. The fourth-order valence-electron chi connectivity index (χ4n) is 1.14. The van der Waals surface area contributed by atoms with Gasteiger partial charge in [0.15, 0.2) is 0 Å². The van der Waals surface area contributed by atoms with Crippen molar-refractivity contribution in [2.75, 3.05) is 7.11 Å². The SMILES string of the molecule is COc1cc(C(F)(F)F)cc(N=O)c1C. The topological polar surface area (TPSA) is 38.7 Å². The van der Waals surface area contributed by atoms with Crippen LogP contribution >= 0.6 is 0 Å². The molecule has 0 aliphatic carbocycles. The number of rotatable bonds is 2. The average molecular weight is 219 g/mol. The standard InChI is InChI=1S/C9H8F3NO2/c1-5-7(13-14)3-6(9(10,11)12)4-8(5)15-2/h3-4H,1-2H3. The van der Waals surface area contributed by atoms with Gasteiger partial charge in [0.2, 0.25) is 0 Å². The molecule has 0 unspecified atom stereocenters. The van der Waals surface area contributed by atoms with Gasteiger partial charge in [-0.15, -0.1) is 4.91 Å². The summed E-state index contributed by atoms with van der Waals surface area (Å²) in [6.07, 6.45) is -4.51. The second-order valence-corrected chi connectivity index (χ2v) is 2.91. The summed E-state index contributed by atoms with van der Waals surface area (Å²) >= 11 is 0. The summed E-state index contributed by atoms with van der Waals surface area (Å²) in [5.41, 5.74) is -0.915. The van der Waals surface area contributed by atoms with Gasteiger partial charge < -0.3 is 4.74 Å². The second-order valence-electron chi connectivity index (χ2n) is 2.91. The van der Waals surface area contributed by atoms with Gasteiger partial charge in [-0.25, -0.2) is 0 Å². The van der Waals surface area contributed by atoms with Crippen molar-refractivity contribution < 1.29 is 17.9 Å². The first-order chi connectivity index (χ1) is 6.90. The van der Waals surface area contributed by atoms with E-state index in [4.69, 9.17) is 4.74 Å². The molecule has 0 aliphatic heterocycles. The van der Waals surface area contributed by atoms with E-state index in [-0.39, 0.29) is 11.4 Å². The maximum Gasteiger partial charge on any atom is 0.416 e. The van der Waals surface area contributed by atoms with Gasteiger partial charge in [-0.1, -0.05) is 0 Å². The van der Waals surface area contributed by atoms with Gasteiger partial charge in [-0.2, -0.15) is 13.2 Å². The Morgan fingerprint density at radius 2 is 1.93 bits per heavy atom. The van der Waals surface area contributed by atoms with E-state index in [0.29, 0.717) is 11.6 Å². The first kappa shape index (κ1) is 11.5. The van der Waals surface area contributed by atoms with Gasteiger partial charge >= 0.3 is 6.18 Å². The summed E-state index contributed by atoms with van der Waals surface area (Å²) in [6, 6.07) is 1.54. The van der Waals surface area contributed by atoms with Crippen LogP contribution in [0.4, 0.5) is 18.9 Å². The van der Waals surface area contributed by atoms with Gasteiger partial charge in [0.05, 0.1) is 12.7 Å². The highest BCUT2D eigenvalue weighted by Gasteiger charge is 2.32. The van der Waals surface area contributed by atoms with E-state index in [1.165, 1.54) is 14.0 Å². The van der Waals surface area contributed by atoms with E-state index in [1.807, 2.05) is 0 Å². The van der Waals surface area contributed by atoms with E-state index in [1.54, 1.807) is 0 Å². The number of hydrogen-bond donors (Lipinski definition) is 0. The van der Waals surface area contributed by atoms with Crippen LogP contribution in [0.25, 0.3) is 0 Å². The number of nitrogens with zero attached hydrogens (tertiary/aromatic N) is 1. The van der Waals surface area contributed by atoms with E-state index >= 15 is 0 Å². The molecule has 0 fully saturated rings. The number of nitroso groups, excluding NO2 is 1. The molecule has 1 aromatic carbocycles. The highest BCUT2D eigenvalue weighted by atomic mass is 19.4. The molecule has 0 aliphatic rings. The lowest BCUT2D eigenvalue weighted by molar-refractivity contribution is -0.137. The average Bonchev–Trinajstić information content (AvgIpc) is 2.16. The molecule has 1 rings (SSSR count). The van der Waals surface area contributed by atoms with Gasteiger partial charge in [-0.3, -0.25) is 0 Å². The lowest BCUT2D eigenvalue weighted by atomic mass is 10.1. The molecule has 0 heterocycles. The van der Waals surface area contributed by atoms with Crippen LogP contribution in [0.3, 0.4) is 0 Å². The minimum absolute atomic E-state index is 0.000532. The Morgan fingerprint density at radius 3 is 2.33 bits per heavy atom. The predicted molar refractivity (Wildman–Crippen MR) is 48.2 cm³/mol. The number of halogens is 3. The molecule has 0 aromatic heterocycles. The van der Waals surface area contributed by atoms with Crippen molar-refractivity contribution >= 4 is 5.69 Å². The first-order valence-corrected chi connectivity index (χ1v) is 3.99. The Balaban J connectivity index is 3.40. The van der Waals surface area contributed by atoms with Crippen molar-refractivity contribution in [1.29, 1.82) is 0 Å². The van der Waals surface area contributed by atoms with Crippen molar-refractivity contribution in [3.63, 3.8) is 0 Å². The van der Waals surface area contributed by atoms with Gasteiger partial charge in [-0.05, 0) is 24.2 Å². The van der Waals surface area contributed by atoms with Crippen LogP contribution in [0.5, 0.6) is 5.75 Å². The van der Waals surface area contributed by atoms with Crippen molar-refractivity contribution in [2.45, 2.75) is 13.1 Å². The Morgan fingerprint density at radius 1 is 1.33 bits per heavy atom. The summed E-state index contributed by atoms with van der Waals surface area (Å²) in [7, 11) is 1.23. The van der Waals surface area contributed by atoms with Crippen molar-refractivity contribution in [2.24, 2.45) is 5.18 Å². The summed E-state index contributed by atoms with van der Waals surface area (Å²) in [6.45, 7) is 1.47. The quantitative estimate of drug-likeness (QED) is 0.715. The predicted octanol–water partition coefficient (Wildman–Crippen LogP) is 3.42. The monoisotopic (exact) mass is 219 g/mol. The molecule has 6 heteroatoms. The lowest BCUT2D eigenvalue weighted by Gasteiger charge is -2.11. The summed E-state index contributed by atoms with van der Waals surface area (Å²) in [5.74, 6) is -0.000532. The normalized spacial score (nSPS) is 11.3. The molecule has 0 spiro atoms. The minimum atomic E-state index is -4.51. The number of benzene rings is 1. The lowest BCUT2D eigenvalue weighted by Crippen LogP contribution is -2.05. The number of hydrogen-bond acceptors (Lipinski definition) is 3. The highest BCUT2D eigenvalue weighted by Crippen LogP contribution is 2.37. The van der Waals surface area contributed by atoms with Gasteiger partial charge in [0.1, 0.15) is 11.4 Å². The Labute approximate surface area is 83.8 Å². The van der Waals surface area contributed by atoms with Crippen LogP contribution in [0, 0.1) is 11.8 Å². The number of methoxy groups -OCH3 is 1. The summed E-state index contributed by atoms with van der Waals surface area (Å²) in [4.78, 5) is 10.3. The molecule has 0 saturated carbocycles. The van der Waals surface area contributed by atoms with Crippen molar-refractivity contribution in [3.05, 3.63) is 28.2 Å². The fourth-order valence-corrected chi connectivity index (χ4v) is 1.14. The smallest absolute Gasteiger partial charge is 0.416 e. The van der Waals surface area contributed by atoms with Crippen LogP contribution in [0.2, 0.25) is 0 Å². The molecule has 0 atom stereocenters. The zero-order chi connectivity index (χ0) is 11.6. The van der Waals surface area contributed by atoms with Gasteiger partial charge in [0.25, 0.3) is 0 Å². The first-order valence-electron chi connectivity index (χ1n) is 3.99. The zero-order valence-electron chi connectivity index (χ0n) is 8.05. The second kappa shape index (κ2) is 3.88. The van der Waals surface area contributed by atoms with Crippen LogP contribution in [-0.2, 0) is 6.18 Å². The molecular formula is C9H8F3NO2. The van der Waals surface area contributed by atoms with E-state index in [9.17, 15) is 18.1 Å². The third-order valence-electron chi connectivity index (χ3n) is 1.98. The third kappa shape index (κ3) is 2.26. The van der Waals surface area contributed by atoms with Crippen molar-refractivity contribution in [1.82, 2.24) is 0 Å². The molecular weight excluding hydrogens is 211 g/mol. The Bertz CT molecular complexity index is 388. The van der Waals surface area contributed by atoms with Crippen LogP contribution in [0.15, 0.2) is 17.3 Å². The molecule has 0 bridgehead atoms. The largest absolute Gasteiger partial charge is 0.496 e. The Kier molecular flexibility index (Phi) is 2.97. The highest BCUT2D eigenvalue weighted by molar-refractivity contribution is 5.55. The summed E-state index contributed by atoms with van der Waals surface area (Å²) in [5, 5.41) is 2.52. The minimum Gasteiger partial charge on any atom is -0.496 e. The fraction of sp³-hybridized carbons (Fsp3) is 0.333. The zero-order valence-corrected chi connectivity index (χ0v) is 8.05. The molecule has 0 amide bonds. The molecule has 82 valence electrons. The van der Waals surface area contributed by atoms with E-state index < -0.39 is 11.7 Å². The molecule has 0 N–H and O–H groups in total. The maximum atomic E-state index is 12.4. The summed E-state index contributed by atoms with van der Waals surface area (Å²) < 4.78 is 41.8. The molecule has 0 saturated heterocycles. The van der Waals surface area contributed by atoms with Crippen LogP contribution in [-0.4, -0.2) is 7.11 Å². The van der Waals surface area contributed by atoms with E-state index in [0.717, 1.165) is 6.07 Å². The van der Waals surface area contributed by atoms with Crippen LogP contribution < -0.4 is 4.74 Å². The Hall–Kier alpha value is -1.59. The number of alkyl halides is 3. The number of ether oxygens (including phenoxy) is 1. The van der Waals surface area contributed by atoms with Crippen molar-refractivity contribution in [3.8, 4) is 5.75 Å². The third-order valence-corrected chi connectivity index (χ3v) is 1.98.